The first-order chi connectivity index (χ1) is 22.8. The predicted octanol–water partition coefficient (Wildman–Crippen LogP) is 9.14. The van der Waals surface area contributed by atoms with Crippen LogP contribution >= 0.6 is 11.5 Å². The summed E-state index contributed by atoms with van der Waals surface area (Å²) in [5.41, 5.74) is 18.8. The van der Waals surface area contributed by atoms with E-state index in [1.165, 1.54) is 5.39 Å². The Morgan fingerprint density at radius 2 is 1.19 bits per heavy atom. The number of fused-ring (bicyclic) bond motifs is 2. The zero-order chi connectivity index (χ0) is 32.8. The normalized spacial score (nSPS) is 12.3. The summed E-state index contributed by atoms with van der Waals surface area (Å²) in [5, 5.41) is 16.2. The van der Waals surface area contributed by atoms with Gasteiger partial charge in [0.05, 0.1) is 34.2 Å². The molecule has 0 fully saturated rings. The number of benzene rings is 5. The Kier molecular flexibility index (Phi) is 9.45. The van der Waals surface area contributed by atoms with E-state index in [1.807, 2.05) is 36.4 Å². The van der Waals surface area contributed by atoms with E-state index < -0.39 is 9.84 Å². The summed E-state index contributed by atoms with van der Waals surface area (Å²) in [5.74, 6) is -0.0690. The number of nitrogens with one attached hydrogen (secondary N) is 5. The van der Waals surface area contributed by atoms with Crippen molar-refractivity contribution >= 4 is 82.2 Å². The predicted molar refractivity (Wildman–Crippen MR) is 194 cm³/mol. The molecule has 0 saturated carbocycles. The monoisotopic (exact) mass is 665 g/mol. The summed E-state index contributed by atoms with van der Waals surface area (Å²) in [4.78, 5) is 3.96. The van der Waals surface area contributed by atoms with Gasteiger partial charge < -0.3 is 27.0 Å². The molecule has 5 aromatic carbocycles. The van der Waals surface area contributed by atoms with Gasteiger partial charge in [0.25, 0.3) is 5.16 Å². The number of nitrogens with zero attached hydrogens (tertiary/aromatic N) is 4. The van der Waals surface area contributed by atoms with Crippen LogP contribution in [0.5, 0.6) is 0 Å². The van der Waals surface area contributed by atoms with Crippen molar-refractivity contribution in [2.75, 3.05) is 32.8 Å². The van der Waals surface area contributed by atoms with Gasteiger partial charge in [-0.3, -0.25) is 0 Å². The third-order valence-corrected chi connectivity index (χ3v) is 9.92. The van der Waals surface area contributed by atoms with Gasteiger partial charge in [-0.05, 0) is 61.9 Å². The zero-order valence-corrected chi connectivity index (χ0v) is 27.8. The van der Waals surface area contributed by atoms with E-state index in [4.69, 9.17) is 0 Å². The highest BCUT2D eigenvalue weighted by Gasteiger charge is 2.18. The fourth-order valence-electron chi connectivity index (χ4n) is 4.90. The van der Waals surface area contributed by atoms with Crippen molar-refractivity contribution in [3.05, 3.63) is 97.1 Å². The molecule has 240 valence electrons. The average Bonchev–Trinajstić information content (AvgIpc) is 3.60. The van der Waals surface area contributed by atoms with Crippen LogP contribution in [0.2, 0.25) is 0 Å². The maximum Gasteiger partial charge on any atom is 0.260 e. The van der Waals surface area contributed by atoms with Crippen LogP contribution in [0.1, 0.15) is 27.2 Å². The average molecular weight is 666 g/mol. The minimum Gasteiger partial charge on any atom is -0.382 e. The van der Waals surface area contributed by atoms with Gasteiger partial charge >= 0.3 is 0 Å². The summed E-state index contributed by atoms with van der Waals surface area (Å²) < 4.78 is 27.7. The lowest BCUT2D eigenvalue weighted by Gasteiger charge is -2.19. The van der Waals surface area contributed by atoms with Gasteiger partial charge in [-0.2, -0.15) is 9.36 Å². The van der Waals surface area contributed by atoms with Crippen molar-refractivity contribution in [1.82, 2.24) is 9.36 Å². The highest BCUT2D eigenvalue weighted by molar-refractivity contribution is 7.91. The molecule has 11 nitrogen and oxygen atoms in total. The minimum atomic E-state index is -3.48. The molecule has 0 aliphatic heterocycles. The van der Waals surface area contributed by atoms with E-state index in [2.05, 4.69) is 109 Å². The second kappa shape index (κ2) is 14.0. The number of hydrogen-bond acceptors (Lipinski definition) is 12. The number of azo groups is 1. The van der Waals surface area contributed by atoms with Gasteiger partial charge in [0.15, 0.2) is 0 Å². The van der Waals surface area contributed by atoms with Gasteiger partial charge in [-0.25, -0.2) is 8.42 Å². The number of hydrogen-bond donors (Lipinski definition) is 5. The van der Waals surface area contributed by atoms with Gasteiger partial charge in [0, 0.05) is 44.8 Å². The standard InChI is InChI=1S/C34H35N9O2S2/c1-4-22(3)35-29-18-19-31(26-11-7-6-10-25(26)29)40-41-32-21-20-30(27-12-8-9-13-28(27)32)39-37-23-14-16-24(17-15-23)38-42-33-36-34(43-46-33)47(44,45)5-2/h6-22,35,37,39-41H,4-5H2,1-3H3. The molecule has 0 amide bonds. The first-order valence-corrected chi connectivity index (χ1v) is 17.7. The second-order valence-corrected chi connectivity index (χ2v) is 13.8. The quantitative estimate of drug-likeness (QED) is 0.0602. The van der Waals surface area contributed by atoms with Crippen LogP contribution in [0.3, 0.4) is 0 Å². The van der Waals surface area contributed by atoms with E-state index in [9.17, 15) is 8.42 Å². The van der Waals surface area contributed by atoms with Crippen molar-refractivity contribution in [2.45, 2.75) is 38.4 Å². The summed E-state index contributed by atoms with van der Waals surface area (Å²) in [7, 11) is -3.48. The molecule has 0 saturated heterocycles. The second-order valence-electron chi connectivity index (χ2n) is 10.9. The van der Waals surface area contributed by atoms with Crippen molar-refractivity contribution < 1.29 is 8.42 Å². The third kappa shape index (κ3) is 7.26. The smallest absolute Gasteiger partial charge is 0.260 e. The number of anilines is 5. The highest BCUT2D eigenvalue weighted by Crippen LogP contribution is 2.33. The number of sulfone groups is 1. The van der Waals surface area contributed by atoms with E-state index >= 15 is 0 Å². The molecule has 1 unspecified atom stereocenters. The first kappa shape index (κ1) is 31.7. The Morgan fingerprint density at radius 1 is 0.681 bits per heavy atom. The first-order valence-electron chi connectivity index (χ1n) is 15.3. The maximum absolute atomic E-state index is 11.9. The van der Waals surface area contributed by atoms with Gasteiger partial charge in [0.2, 0.25) is 15.0 Å². The fraction of sp³-hybridized carbons (Fsp3) is 0.176. The molecule has 0 aliphatic carbocycles. The molecule has 5 N–H and O–H groups in total. The molecular formula is C34H35N9O2S2. The van der Waals surface area contributed by atoms with Crippen molar-refractivity contribution in [2.24, 2.45) is 10.2 Å². The van der Waals surface area contributed by atoms with Crippen LogP contribution in [0, 0.1) is 0 Å². The van der Waals surface area contributed by atoms with E-state index in [0.717, 1.165) is 62.5 Å². The van der Waals surface area contributed by atoms with Crippen molar-refractivity contribution in [3.63, 3.8) is 0 Å². The van der Waals surface area contributed by atoms with Gasteiger partial charge in [-0.1, -0.05) is 62.4 Å². The fourth-order valence-corrected chi connectivity index (χ4v) is 6.42. The van der Waals surface area contributed by atoms with E-state index in [0.29, 0.717) is 11.7 Å². The van der Waals surface area contributed by atoms with Crippen LogP contribution in [0.15, 0.2) is 112 Å². The SMILES string of the molecule is CCC(C)Nc1ccc(NNc2ccc(NNc3ccc(N=Nc4nc(S(=O)(=O)CC)ns4)cc3)c3ccccc23)c2ccccc12. The van der Waals surface area contributed by atoms with Crippen LogP contribution < -0.4 is 27.0 Å². The van der Waals surface area contributed by atoms with Crippen molar-refractivity contribution in [1.29, 1.82) is 0 Å². The molecule has 0 aliphatic rings. The maximum atomic E-state index is 11.9. The summed E-state index contributed by atoms with van der Waals surface area (Å²) >= 11 is 0.893. The molecule has 0 bridgehead atoms. The summed E-state index contributed by atoms with van der Waals surface area (Å²) in [6.07, 6.45) is 1.05. The minimum absolute atomic E-state index is 0.0690. The molecule has 0 spiro atoms. The topological polar surface area (TPSA) is 145 Å². The molecule has 1 aromatic heterocycles. The molecule has 6 rings (SSSR count). The molecule has 6 aromatic rings. The highest BCUT2D eigenvalue weighted by atomic mass is 32.2. The largest absolute Gasteiger partial charge is 0.382 e. The third-order valence-electron chi connectivity index (χ3n) is 7.71. The van der Waals surface area contributed by atoms with Crippen LogP contribution in [0.25, 0.3) is 21.5 Å². The molecule has 1 heterocycles. The Bertz CT molecular complexity index is 2150. The van der Waals surface area contributed by atoms with Gasteiger partial charge in [0.1, 0.15) is 0 Å². The van der Waals surface area contributed by atoms with Crippen LogP contribution in [0.4, 0.5) is 39.3 Å². The van der Waals surface area contributed by atoms with Gasteiger partial charge in [-0.15, -0.1) is 10.2 Å². The van der Waals surface area contributed by atoms with Crippen LogP contribution in [-0.2, 0) is 9.84 Å². The number of aromatic nitrogens is 2. The lowest BCUT2D eigenvalue weighted by Crippen LogP contribution is -2.14. The van der Waals surface area contributed by atoms with Crippen molar-refractivity contribution in [3.8, 4) is 0 Å². The Labute approximate surface area is 277 Å². The molecular weight excluding hydrogens is 631 g/mol. The molecule has 13 heteroatoms. The Balaban J connectivity index is 1.13. The van der Waals surface area contributed by atoms with Crippen LogP contribution in [-0.4, -0.2) is 29.6 Å². The lowest BCUT2D eigenvalue weighted by atomic mass is 10.1. The lowest BCUT2D eigenvalue weighted by molar-refractivity contribution is 0.590. The summed E-state index contributed by atoms with van der Waals surface area (Å²) in [6, 6.07) is 32.6. The van der Waals surface area contributed by atoms with E-state index in [-0.39, 0.29) is 16.0 Å². The molecule has 47 heavy (non-hydrogen) atoms. The number of rotatable bonds is 13. The molecule has 1 atom stereocenters. The number of hydrazine groups is 2. The molecule has 0 radical (unpaired) electrons. The van der Waals surface area contributed by atoms with E-state index in [1.54, 1.807) is 19.1 Å². The summed E-state index contributed by atoms with van der Waals surface area (Å²) in [6.45, 7) is 5.92. The Morgan fingerprint density at radius 3 is 1.72 bits per heavy atom. The Hall–Kier alpha value is -5.27. The zero-order valence-electron chi connectivity index (χ0n) is 26.2.